The van der Waals surface area contributed by atoms with Crippen LogP contribution in [0, 0.1) is 0 Å². The number of aromatic nitrogens is 1. The smallest absolute Gasteiger partial charge is 0.137 e. The lowest BCUT2D eigenvalue weighted by molar-refractivity contribution is 0.408. The molecule has 84 valence electrons. The number of rotatable bonds is 4. The van der Waals surface area contributed by atoms with Gasteiger partial charge in [0, 0.05) is 17.7 Å². The van der Waals surface area contributed by atoms with Gasteiger partial charge in [0.15, 0.2) is 0 Å². The van der Waals surface area contributed by atoms with Crippen molar-refractivity contribution in [2.75, 3.05) is 7.11 Å². The lowest BCUT2D eigenvalue weighted by Gasteiger charge is -2.11. The second-order valence-electron chi connectivity index (χ2n) is 3.43. The molecule has 0 aliphatic rings. The van der Waals surface area contributed by atoms with Crippen molar-refractivity contribution in [3.63, 3.8) is 0 Å². The quantitative estimate of drug-likeness (QED) is 0.834. The van der Waals surface area contributed by atoms with Crippen LogP contribution in [0.15, 0.2) is 6.07 Å². The minimum Gasteiger partial charge on any atom is -0.496 e. The van der Waals surface area contributed by atoms with Crippen molar-refractivity contribution in [2.45, 2.75) is 25.8 Å². The highest BCUT2D eigenvalue weighted by atomic mass is 35.5. The molecule has 0 aliphatic heterocycles. The van der Waals surface area contributed by atoms with Gasteiger partial charge in [0.25, 0.3) is 0 Å². The summed E-state index contributed by atoms with van der Waals surface area (Å²) < 4.78 is 5.19. The maximum absolute atomic E-state index is 5.98. The third-order valence-corrected chi connectivity index (χ3v) is 2.58. The van der Waals surface area contributed by atoms with Gasteiger partial charge in [0.2, 0.25) is 0 Å². The zero-order valence-corrected chi connectivity index (χ0v) is 10.3. The molecule has 1 rings (SSSR count). The van der Waals surface area contributed by atoms with Crippen LogP contribution in [-0.4, -0.2) is 18.1 Å². The molecule has 3 nitrogen and oxygen atoms in total. The third-order valence-electron chi connectivity index (χ3n) is 2.07. The fraction of sp³-hybridized carbons (Fsp3) is 0.500. The Hall–Kier alpha value is -0.510. The van der Waals surface area contributed by atoms with Crippen LogP contribution in [0.25, 0.3) is 0 Å². The van der Waals surface area contributed by atoms with Gasteiger partial charge in [0.05, 0.1) is 7.11 Å². The molecule has 0 saturated carbocycles. The van der Waals surface area contributed by atoms with Gasteiger partial charge in [0.1, 0.15) is 16.1 Å². The van der Waals surface area contributed by atoms with E-state index in [4.69, 9.17) is 33.7 Å². The van der Waals surface area contributed by atoms with Crippen molar-refractivity contribution in [3.05, 3.63) is 21.9 Å². The number of halogens is 2. The molecule has 0 bridgehead atoms. The molecule has 0 spiro atoms. The first kappa shape index (κ1) is 12.6. The Morgan fingerprint density at radius 3 is 2.73 bits per heavy atom. The Balaban J connectivity index is 2.93. The molecule has 15 heavy (non-hydrogen) atoms. The number of pyridine rings is 1. The second kappa shape index (κ2) is 5.54. The van der Waals surface area contributed by atoms with Crippen LogP contribution in [0.2, 0.25) is 10.3 Å². The second-order valence-corrected chi connectivity index (χ2v) is 4.18. The van der Waals surface area contributed by atoms with Crippen LogP contribution >= 0.6 is 23.2 Å². The van der Waals surface area contributed by atoms with Gasteiger partial charge in [-0.3, -0.25) is 0 Å². The Bertz CT molecular complexity index is 342. The number of nitrogens with two attached hydrogens (primary N) is 1. The normalized spacial score (nSPS) is 12.6. The van der Waals surface area contributed by atoms with Crippen molar-refractivity contribution in [3.8, 4) is 5.75 Å². The van der Waals surface area contributed by atoms with Crippen LogP contribution < -0.4 is 10.5 Å². The van der Waals surface area contributed by atoms with Crippen LogP contribution in [-0.2, 0) is 6.42 Å². The number of hydrogen-bond donors (Lipinski definition) is 1. The highest BCUT2D eigenvalue weighted by molar-refractivity contribution is 6.33. The molecule has 0 amide bonds. The number of hydrogen-bond acceptors (Lipinski definition) is 3. The Morgan fingerprint density at radius 1 is 1.53 bits per heavy atom. The summed E-state index contributed by atoms with van der Waals surface area (Å²) in [6.07, 6.45) is 1.57. The third kappa shape index (κ3) is 3.52. The molecule has 0 radical (unpaired) electrons. The number of ether oxygens (including phenoxy) is 1. The van der Waals surface area contributed by atoms with Crippen LogP contribution in [0.4, 0.5) is 0 Å². The van der Waals surface area contributed by atoms with E-state index in [0.717, 1.165) is 18.4 Å². The van der Waals surface area contributed by atoms with Crippen molar-refractivity contribution < 1.29 is 4.74 Å². The van der Waals surface area contributed by atoms with Crippen molar-refractivity contribution in [2.24, 2.45) is 5.73 Å². The molecule has 0 saturated heterocycles. The Labute approximate surface area is 99.5 Å². The molecule has 0 fully saturated rings. The number of methoxy groups -OCH3 is 1. The Kier molecular flexibility index (Phi) is 4.64. The monoisotopic (exact) mass is 248 g/mol. The first-order valence-electron chi connectivity index (χ1n) is 4.69. The fourth-order valence-corrected chi connectivity index (χ4v) is 1.78. The summed E-state index contributed by atoms with van der Waals surface area (Å²) in [5.41, 5.74) is 6.54. The van der Waals surface area contributed by atoms with E-state index in [0.29, 0.717) is 16.1 Å². The van der Waals surface area contributed by atoms with Gasteiger partial charge in [-0.15, -0.1) is 0 Å². The molecule has 1 unspecified atom stereocenters. The summed E-state index contributed by atoms with van der Waals surface area (Å²) >= 11 is 11.7. The van der Waals surface area contributed by atoms with Gasteiger partial charge in [-0.25, -0.2) is 4.98 Å². The first-order chi connectivity index (χ1) is 7.04. The van der Waals surface area contributed by atoms with E-state index < -0.39 is 0 Å². The molecular formula is C10H14Cl2N2O. The lowest BCUT2D eigenvalue weighted by atomic mass is 10.1. The minimum atomic E-state index is 0.126. The van der Waals surface area contributed by atoms with E-state index in [-0.39, 0.29) is 6.04 Å². The maximum atomic E-state index is 5.98. The van der Waals surface area contributed by atoms with E-state index >= 15 is 0 Å². The zero-order chi connectivity index (χ0) is 11.4. The number of nitrogens with zero attached hydrogens (tertiary/aromatic N) is 1. The van der Waals surface area contributed by atoms with Crippen molar-refractivity contribution in [1.82, 2.24) is 4.98 Å². The minimum absolute atomic E-state index is 0.126. The average Bonchev–Trinajstić information content (AvgIpc) is 2.14. The predicted octanol–water partition coefficient (Wildman–Crippen LogP) is 2.68. The first-order valence-corrected chi connectivity index (χ1v) is 5.44. The summed E-state index contributed by atoms with van der Waals surface area (Å²) in [5.74, 6) is 0.667. The van der Waals surface area contributed by atoms with Crippen LogP contribution in [0.3, 0.4) is 0 Å². The molecule has 1 heterocycles. The highest BCUT2D eigenvalue weighted by Gasteiger charge is 2.11. The molecule has 2 N–H and O–H groups in total. The maximum Gasteiger partial charge on any atom is 0.137 e. The fourth-order valence-electron chi connectivity index (χ4n) is 1.27. The largest absolute Gasteiger partial charge is 0.496 e. The average molecular weight is 249 g/mol. The molecular weight excluding hydrogens is 235 g/mol. The molecule has 5 heteroatoms. The van der Waals surface area contributed by atoms with Crippen LogP contribution in [0.5, 0.6) is 5.75 Å². The summed E-state index contributed by atoms with van der Waals surface area (Å²) in [6.45, 7) is 1.95. The highest BCUT2D eigenvalue weighted by Crippen LogP contribution is 2.29. The van der Waals surface area contributed by atoms with Crippen molar-refractivity contribution in [1.29, 1.82) is 0 Å². The van der Waals surface area contributed by atoms with Gasteiger partial charge < -0.3 is 10.5 Å². The van der Waals surface area contributed by atoms with Gasteiger partial charge in [-0.05, 0) is 19.8 Å². The standard InChI is InChI=1S/C10H14Cl2N2O/c1-6(13)3-4-7-8(15-2)5-9(11)14-10(7)12/h5-6H,3-4,13H2,1-2H3. The molecule has 1 atom stereocenters. The SMILES string of the molecule is COc1cc(Cl)nc(Cl)c1CCC(C)N. The summed E-state index contributed by atoms with van der Waals surface area (Å²) in [5, 5.41) is 0.724. The van der Waals surface area contributed by atoms with E-state index in [1.807, 2.05) is 6.92 Å². The van der Waals surface area contributed by atoms with Gasteiger partial charge in [-0.2, -0.15) is 0 Å². The predicted molar refractivity (Wildman–Crippen MR) is 62.8 cm³/mol. The van der Waals surface area contributed by atoms with E-state index in [1.54, 1.807) is 13.2 Å². The summed E-state index contributed by atoms with van der Waals surface area (Å²) in [7, 11) is 1.58. The van der Waals surface area contributed by atoms with Crippen LogP contribution in [0.1, 0.15) is 18.9 Å². The summed E-state index contributed by atoms with van der Waals surface area (Å²) in [4.78, 5) is 3.97. The molecule has 1 aromatic rings. The molecule has 0 aromatic carbocycles. The zero-order valence-electron chi connectivity index (χ0n) is 8.76. The van der Waals surface area contributed by atoms with E-state index in [2.05, 4.69) is 4.98 Å². The Morgan fingerprint density at radius 2 is 2.20 bits per heavy atom. The van der Waals surface area contributed by atoms with E-state index in [9.17, 15) is 0 Å². The molecule has 0 aliphatic carbocycles. The summed E-state index contributed by atoms with van der Waals surface area (Å²) in [6, 6.07) is 1.78. The topological polar surface area (TPSA) is 48.1 Å². The van der Waals surface area contributed by atoms with Gasteiger partial charge in [-0.1, -0.05) is 23.2 Å². The van der Waals surface area contributed by atoms with Crippen molar-refractivity contribution >= 4 is 23.2 Å². The molecule has 1 aromatic heterocycles. The van der Waals surface area contributed by atoms with E-state index in [1.165, 1.54) is 0 Å². The van der Waals surface area contributed by atoms with Gasteiger partial charge >= 0.3 is 0 Å². The lowest BCUT2D eigenvalue weighted by Crippen LogP contribution is -2.15.